The quantitative estimate of drug-likeness (QED) is 0.488. The fourth-order valence-corrected chi connectivity index (χ4v) is 2.53. The van der Waals surface area contributed by atoms with Crippen molar-refractivity contribution in [3.63, 3.8) is 0 Å². The lowest BCUT2D eigenvalue weighted by Crippen LogP contribution is -2.27. The zero-order valence-electron chi connectivity index (χ0n) is 9.43. The molecule has 0 heteroatoms. The van der Waals surface area contributed by atoms with Crippen molar-refractivity contribution in [3.05, 3.63) is 24.8 Å². The first kappa shape index (κ1) is 10.6. The van der Waals surface area contributed by atoms with Crippen molar-refractivity contribution in [1.82, 2.24) is 0 Å². The second kappa shape index (κ2) is 3.32. The van der Waals surface area contributed by atoms with E-state index in [1.165, 1.54) is 12.8 Å². The fourth-order valence-electron chi connectivity index (χ4n) is 2.53. The molecule has 0 aliphatic heterocycles. The summed E-state index contributed by atoms with van der Waals surface area (Å²) in [4.78, 5) is 0. The van der Waals surface area contributed by atoms with Crippen molar-refractivity contribution in [2.24, 2.45) is 16.7 Å². The maximum absolute atomic E-state index is 3.36. The number of fused-ring (bicyclic) bond motifs is 2. The summed E-state index contributed by atoms with van der Waals surface area (Å²) in [5.41, 5.74) is 1.07. The third kappa shape index (κ3) is 1.47. The summed E-state index contributed by atoms with van der Waals surface area (Å²) in [5, 5.41) is 0. The van der Waals surface area contributed by atoms with Crippen molar-refractivity contribution in [3.8, 4) is 0 Å². The van der Waals surface area contributed by atoms with Crippen LogP contribution in [0.1, 0.15) is 40.5 Å². The molecule has 0 spiro atoms. The maximum atomic E-state index is 3.36. The van der Waals surface area contributed by atoms with E-state index >= 15 is 0 Å². The van der Waals surface area contributed by atoms with Crippen LogP contribution in [0, 0.1) is 16.7 Å². The van der Waals surface area contributed by atoms with E-state index in [4.69, 9.17) is 0 Å². The second-order valence-corrected chi connectivity index (χ2v) is 5.05. The van der Waals surface area contributed by atoms with Gasteiger partial charge in [-0.1, -0.05) is 39.0 Å². The van der Waals surface area contributed by atoms with Crippen molar-refractivity contribution < 1.29 is 0 Å². The second-order valence-electron chi connectivity index (χ2n) is 5.05. The minimum Gasteiger partial charge on any atom is -0.103 e. The van der Waals surface area contributed by atoms with Gasteiger partial charge in [0, 0.05) is 0 Å². The van der Waals surface area contributed by atoms with Crippen LogP contribution in [0.4, 0.5) is 0 Å². The molecule has 0 radical (unpaired) electrons. The molecule has 1 fully saturated rings. The number of allylic oxidation sites excluding steroid dienone is 3. The number of rotatable bonds is 0. The molecule has 2 rings (SSSR count). The van der Waals surface area contributed by atoms with E-state index in [-0.39, 0.29) is 0 Å². The molecule has 2 bridgehead atoms. The van der Waals surface area contributed by atoms with Crippen LogP contribution in [0.5, 0.6) is 0 Å². The van der Waals surface area contributed by atoms with E-state index in [9.17, 15) is 0 Å². The topological polar surface area (TPSA) is 0 Å². The van der Waals surface area contributed by atoms with Gasteiger partial charge >= 0.3 is 0 Å². The van der Waals surface area contributed by atoms with Crippen LogP contribution in [0.25, 0.3) is 0 Å². The molecule has 0 aromatic heterocycles. The molecule has 2 aliphatic carbocycles. The Morgan fingerprint density at radius 3 is 2.00 bits per heavy atom. The van der Waals surface area contributed by atoms with Crippen LogP contribution in [0.15, 0.2) is 24.8 Å². The summed E-state index contributed by atoms with van der Waals surface area (Å²) >= 11 is 0. The van der Waals surface area contributed by atoms with Gasteiger partial charge in [-0.3, -0.25) is 0 Å². The predicted octanol–water partition coefficient (Wildman–Crippen LogP) is 4.19. The van der Waals surface area contributed by atoms with Gasteiger partial charge in [-0.2, -0.15) is 0 Å². The minimum atomic E-state index is 0.525. The molecule has 2 aliphatic rings. The summed E-state index contributed by atoms with van der Waals surface area (Å²) < 4.78 is 0. The molecule has 74 valence electrons. The maximum Gasteiger partial charge on any atom is -0.00895 e. The van der Waals surface area contributed by atoms with Gasteiger partial charge in [0.1, 0.15) is 0 Å². The molecule has 0 nitrogen and oxygen atoms in total. The van der Waals surface area contributed by atoms with E-state index in [1.807, 2.05) is 6.92 Å². The Morgan fingerprint density at radius 1 is 1.38 bits per heavy atom. The van der Waals surface area contributed by atoms with E-state index in [0.29, 0.717) is 10.8 Å². The van der Waals surface area contributed by atoms with Crippen LogP contribution < -0.4 is 0 Å². The summed E-state index contributed by atoms with van der Waals surface area (Å²) in [6, 6.07) is 0. The van der Waals surface area contributed by atoms with E-state index < -0.39 is 0 Å². The summed E-state index contributed by atoms with van der Waals surface area (Å²) in [7, 11) is 0. The average Bonchev–Trinajstić information content (AvgIpc) is 2.38. The van der Waals surface area contributed by atoms with Crippen LogP contribution in [-0.4, -0.2) is 0 Å². The zero-order valence-corrected chi connectivity index (χ0v) is 9.43. The van der Waals surface area contributed by atoms with Crippen LogP contribution >= 0.6 is 0 Å². The Morgan fingerprint density at radius 2 is 1.92 bits per heavy atom. The van der Waals surface area contributed by atoms with Crippen LogP contribution in [-0.2, 0) is 0 Å². The van der Waals surface area contributed by atoms with E-state index in [2.05, 4.69) is 39.5 Å². The highest BCUT2D eigenvalue weighted by Gasteiger charge is 2.52. The van der Waals surface area contributed by atoms with Crippen molar-refractivity contribution in [2.75, 3.05) is 0 Å². The third-order valence-corrected chi connectivity index (χ3v) is 4.07. The van der Waals surface area contributed by atoms with Gasteiger partial charge in [0.05, 0.1) is 0 Å². The van der Waals surface area contributed by atoms with Crippen molar-refractivity contribution >= 4 is 0 Å². The Hall–Kier alpha value is -0.520. The van der Waals surface area contributed by atoms with Gasteiger partial charge in [0.15, 0.2) is 0 Å². The first-order valence-electron chi connectivity index (χ1n) is 5.24. The molecule has 0 saturated heterocycles. The zero-order chi connectivity index (χ0) is 10.1. The first-order chi connectivity index (χ1) is 5.98. The molecule has 0 amide bonds. The molecule has 0 aromatic carbocycles. The highest BCUT2D eigenvalue weighted by molar-refractivity contribution is 5.22. The lowest BCUT2D eigenvalue weighted by molar-refractivity contribution is 0.182. The summed E-state index contributed by atoms with van der Waals surface area (Å²) in [6.45, 7) is 12.5. The Bertz CT molecular complexity index is 222. The molecule has 2 unspecified atom stereocenters. The standard InChI is InChI=1S/C10H16.C3H6/c1-9(2)8-4-6-10(9,3)7-5-8;1-3-2/h4,6,8H,5,7H2,1-3H3;3H,1H2,2H3. The molecular formula is C13H22. The van der Waals surface area contributed by atoms with Gasteiger partial charge in [0.2, 0.25) is 0 Å². The molecular weight excluding hydrogens is 156 g/mol. The molecule has 1 saturated carbocycles. The van der Waals surface area contributed by atoms with Gasteiger partial charge in [-0.25, -0.2) is 0 Å². The Kier molecular flexibility index (Phi) is 2.70. The van der Waals surface area contributed by atoms with E-state index in [1.54, 1.807) is 6.08 Å². The largest absolute Gasteiger partial charge is 0.103 e. The highest BCUT2D eigenvalue weighted by Crippen LogP contribution is 2.61. The van der Waals surface area contributed by atoms with Gasteiger partial charge in [0.25, 0.3) is 0 Å². The SMILES string of the molecule is C=CC.CC12C=CC(CC1)C2(C)C. The summed E-state index contributed by atoms with van der Waals surface area (Å²) in [6.07, 6.45) is 9.42. The molecule has 0 heterocycles. The van der Waals surface area contributed by atoms with Crippen LogP contribution in [0.3, 0.4) is 0 Å². The van der Waals surface area contributed by atoms with Gasteiger partial charge < -0.3 is 0 Å². The lowest BCUT2D eigenvalue weighted by atomic mass is 9.71. The fraction of sp³-hybridized carbons (Fsp3) is 0.692. The van der Waals surface area contributed by atoms with Crippen molar-refractivity contribution in [1.29, 1.82) is 0 Å². The normalized spacial score (nSPS) is 38.3. The third-order valence-electron chi connectivity index (χ3n) is 4.07. The van der Waals surface area contributed by atoms with E-state index in [0.717, 1.165) is 5.92 Å². The van der Waals surface area contributed by atoms with Gasteiger partial charge in [-0.15, -0.1) is 6.58 Å². The highest BCUT2D eigenvalue weighted by atomic mass is 14.6. The molecule has 0 N–H and O–H groups in total. The first-order valence-corrected chi connectivity index (χ1v) is 5.24. The number of hydrogen-bond donors (Lipinski definition) is 0. The average molecular weight is 178 g/mol. The lowest BCUT2D eigenvalue weighted by Gasteiger charge is -2.33. The smallest absolute Gasteiger partial charge is 0.00895 e. The molecule has 0 aromatic rings. The Labute approximate surface area is 82.7 Å². The summed E-state index contributed by atoms with van der Waals surface area (Å²) in [5.74, 6) is 0.873. The monoisotopic (exact) mass is 178 g/mol. The Balaban J connectivity index is 0.000000251. The molecule has 2 atom stereocenters. The predicted molar refractivity (Wildman–Crippen MR) is 59.6 cm³/mol. The molecule has 13 heavy (non-hydrogen) atoms. The minimum absolute atomic E-state index is 0.525. The van der Waals surface area contributed by atoms with Gasteiger partial charge in [-0.05, 0) is 36.5 Å². The van der Waals surface area contributed by atoms with Crippen LogP contribution in [0.2, 0.25) is 0 Å². The number of hydrogen-bond acceptors (Lipinski definition) is 0. The van der Waals surface area contributed by atoms with Crippen molar-refractivity contribution in [2.45, 2.75) is 40.5 Å².